The number of para-hydroxylation sites is 1. The number of hydrogen-bond acceptors (Lipinski definition) is 2. The van der Waals surface area contributed by atoms with Gasteiger partial charge in [-0.3, -0.25) is 4.79 Å². The van der Waals surface area contributed by atoms with Gasteiger partial charge in [-0.25, -0.2) is 8.78 Å². The lowest BCUT2D eigenvalue weighted by Crippen LogP contribution is -2.19. The quantitative estimate of drug-likeness (QED) is 0.604. The minimum Gasteiger partial charge on any atom is -0.491 e. The van der Waals surface area contributed by atoms with Crippen molar-refractivity contribution >= 4 is 11.6 Å². The van der Waals surface area contributed by atoms with Gasteiger partial charge in [-0.05, 0) is 24.0 Å². The van der Waals surface area contributed by atoms with Crippen LogP contribution in [-0.2, 0) is 0 Å². The van der Waals surface area contributed by atoms with Gasteiger partial charge in [0.1, 0.15) is 5.56 Å². The Morgan fingerprint density at radius 2 is 1.64 bits per heavy atom. The first-order chi connectivity index (χ1) is 11.8. The highest BCUT2D eigenvalue weighted by Crippen LogP contribution is 2.31. The van der Waals surface area contributed by atoms with Crippen LogP contribution in [0.3, 0.4) is 0 Å². The Kier molecular flexibility index (Phi) is 5.66. The number of methoxy groups -OCH3 is 1. The number of amides is 1. The number of benzene rings is 2. The van der Waals surface area contributed by atoms with E-state index in [1.807, 2.05) is 13.8 Å². The van der Waals surface area contributed by atoms with E-state index in [0.29, 0.717) is 5.69 Å². The number of hydrogen-bond donors (Lipinski definition) is 1. The number of ether oxygens (including phenoxy) is 1. The standard InChI is InChI=1S/C18H17F4NO2/c1-4-9(2)10-7-5-6-8-11(10)23-18(24)12-13(19)15(21)17(25-3)16(22)14(12)20/h5-9H,4H2,1-3H3,(H,23,24). The van der Waals surface area contributed by atoms with Gasteiger partial charge in [0, 0.05) is 5.69 Å². The predicted molar refractivity (Wildman–Crippen MR) is 85.9 cm³/mol. The van der Waals surface area contributed by atoms with Crippen LogP contribution in [0.4, 0.5) is 23.2 Å². The van der Waals surface area contributed by atoms with Crippen LogP contribution in [0.15, 0.2) is 24.3 Å². The highest BCUT2D eigenvalue weighted by atomic mass is 19.2. The third-order valence-electron chi connectivity index (χ3n) is 4.01. The summed E-state index contributed by atoms with van der Waals surface area (Å²) < 4.78 is 59.9. The lowest BCUT2D eigenvalue weighted by molar-refractivity contribution is 0.101. The molecule has 7 heteroatoms. The number of rotatable bonds is 5. The van der Waals surface area contributed by atoms with Crippen molar-refractivity contribution < 1.29 is 27.1 Å². The molecule has 1 atom stereocenters. The van der Waals surface area contributed by atoms with Gasteiger partial charge in [0.2, 0.25) is 11.6 Å². The van der Waals surface area contributed by atoms with Crippen LogP contribution in [-0.4, -0.2) is 13.0 Å². The maximum Gasteiger partial charge on any atom is 0.261 e. The normalized spacial score (nSPS) is 12.0. The Morgan fingerprint density at radius 1 is 1.08 bits per heavy atom. The molecule has 1 amide bonds. The molecule has 1 N–H and O–H groups in total. The Bertz CT molecular complexity index is 779. The highest BCUT2D eigenvalue weighted by molar-refractivity contribution is 6.05. The third kappa shape index (κ3) is 3.45. The average Bonchev–Trinajstić information content (AvgIpc) is 2.60. The van der Waals surface area contributed by atoms with Gasteiger partial charge in [0.05, 0.1) is 7.11 Å². The van der Waals surface area contributed by atoms with Crippen LogP contribution in [0.25, 0.3) is 0 Å². The van der Waals surface area contributed by atoms with Crippen molar-refractivity contribution in [2.45, 2.75) is 26.2 Å². The van der Waals surface area contributed by atoms with E-state index < -0.39 is 40.5 Å². The van der Waals surface area contributed by atoms with Crippen molar-refractivity contribution in [3.8, 4) is 5.75 Å². The molecule has 0 bridgehead atoms. The van der Waals surface area contributed by atoms with Crippen molar-refractivity contribution in [3.05, 3.63) is 58.7 Å². The molecule has 0 radical (unpaired) electrons. The van der Waals surface area contributed by atoms with Gasteiger partial charge in [-0.2, -0.15) is 8.78 Å². The van der Waals surface area contributed by atoms with Crippen LogP contribution in [0.5, 0.6) is 5.75 Å². The van der Waals surface area contributed by atoms with Crippen LogP contribution in [0.2, 0.25) is 0 Å². The summed E-state index contributed by atoms with van der Waals surface area (Å²) in [6.07, 6.45) is 0.765. The maximum absolute atomic E-state index is 14.0. The Labute approximate surface area is 142 Å². The summed E-state index contributed by atoms with van der Waals surface area (Å²) in [6.45, 7) is 3.86. The van der Waals surface area contributed by atoms with Crippen LogP contribution in [0, 0.1) is 23.3 Å². The molecule has 0 saturated carbocycles. The van der Waals surface area contributed by atoms with Crippen molar-refractivity contribution in [1.82, 2.24) is 0 Å². The number of anilines is 1. The van der Waals surface area contributed by atoms with E-state index in [2.05, 4.69) is 10.1 Å². The van der Waals surface area contributed by atoms with Crippen molar-refractivity contribution in [2.75, 3.05) is 12.4 Å². The van der Waals surface area contributed by atoms with E-state index in [1.165, 1.54) is 0 Å². The van der Waals surface area contributed by atoms with Gasteiger partial charge in [0.15, 0.2) is 17.4 Å². The fourth-order valence-corrected chi connectivity index (χ4v) is 2.44. The Hall–Kier alpha value is -2.57. The average molecular weight is 355 g/mol. The van der Waals surface area contributed by atoms with E-state index >= 15 is 0 Å². The summed E-state index contributed by atoms with van der Waals surface area (Å²) >= 11 is 0. The second-order valence-electron chi connectivity index (χ2n) is 5.51. The van der Waals surface area contributed by atoms with Gasteiger partial charge in [-0.15, -0.1) is 0 Å². The Balaban J connectivity index is 2.48. The SMILES string of the molecule is CCC(C)c1ccccc1NC(=O)c1c(F)c(F)c(OC)c(F)c1F. The first-order valence-electron chi connectivity index (χ1n) is 7.63. The molecule has 0 spiro atoms. The highest BCUT2D eigenvalue weighted by Gasteiger charge is 2.30. The lowest BCUT2D eigenvalue weighted by atomic mass is 9.96. The topological polar surface area (TPSA) is 38.3 Å². The molecule has 25 heavy (non-hydrogen) atoms. The molecular weight excluding hydrogens is 338 g/mol. The van der Waals surface area contributed by atoms with Crippen molar-refractivity contribution in [2.24, 2.45) is 0 Å². The second kappa shape index (κ2) is 7.55. The van der Waals surface area contributed by atoms with Crippen LogP contribution in [0.1, 0.15) is 42.1 Å². The summed E-state index contributed by atoms with van der Waals surface area (Å²) in [4.78, 5) is 12.3. The molecule has 2 rings (SSSR count). The largest absolute Gasteiger partial charge is 0.491 e. The van der Waals surface area contributed by atoms with Crippen LogP contribution < -0.4 is 10.1 Å². The second-order valence-corrected chi connectivity index (χ2v) is 5.51. The fraction of sp³-hybridized carbons (Fsp3) is 0.278. The number of carbonyl (C=O) groups excluding carboxylic acids is 1. The minimum atomic E-state index is -1.81. The molecule has 0 fully saturated rings. The van der Waals surface area contributed by atoms with Crippen molar-refractivity contribution in [3.63, 3.8) is 0 Å². The van der Waals surface area contributed by atoms with E-state index in [-0.39, 0.29) is 5.92 Å². The summed E-state index contributed by atoms with van der Waals surface area (Å²) in [7, 11) is 0.864. The van der Waals surface area contributed by atoms with Gasteiger partial charge in [0.25, 0.3) is 5.91 Å². The zero-order valence-corrected chi connectivity index (χ0v) is 13.9. The molecule has 134 valence electrons. The molecule has 3 nitrogen and oxygen atoms in total. The third-order valence-corrected chi connectivity index (χ3v) is 4.01. The first kappa shape index (κ1) is 18.8. The molecule has 0 aliphatic rings. The first-order valence-corrected chi connectivity index (χ1v) is 7.63. The Morgan fingerprint density at radius 3 is 2.16 bits per heavy atom. The number of halogens is 4. The molecule has 0 aliphatic carbocycles. The summed E-state index contributed by atoms with van der Waals surface area (Å²) in [5.74, 6) is -9.58. The van der Waals surface area contributed by atoms with Gasteiger partial charge in [-0.1, -0.05) is 32.0 Å². The monoisotopic (exact) mass is 355 g/mol. The molecule has 0 aliphatic heterocycles. The summed E-state index contributed by atoms with van der Waals surface area (Å²) in [6, 6.07) is 6.69. The number of carbonyl (C=O) groups is 1. The maximum atomic E-state index is 14.0. The fourth-order valence-electron chi connectivity index (χ4n) is 2.44. The van der Waals surface area contributed by atoms with Gasteiger partial charge >= 0.3 is 0 Å². The predicted octanol–water partition coefficient (Wildman–Crippen LogP) is 5.02. The minimum absolute atomic E-state index is 0.0653. The molecular formula is C18H17F4NO2. The lowest BCUT2D eigenvalue weighted by Gasteiger charge is -2.16. The van der Waals surface area contributed by atoms with E-state index in [1.54, 1.807) is 24.3 Å². The van der Waals surface area contributed by atoms with E-state index in [4.69, 9.17) is 0 Å². The molecule has 0 saturated heterocycles. The zero-order valence-electron chi connectivity index (χ0n) is 13.9. The molecule has 2 aromatic carbocycles. The summed E-state index contributed by atoms with van der Waals surface area (Å²) in [5.41, 5.74) is -0.277. The van der Waals surface area contributed by atoms with E-state index in [9.17, 15) is 22.4 Å². The molecule has 0 heterocycles. The molecule has 2 aromatic rings. The molecule has 0 aromatic heterocycles. The van der Waals surface area contributed by atoms with Crippen LogP contribution >= 0.6 is 0 Å². The van der Waals surface area contributed by atoms with Gasteiger partial charge < -0.3 is 10.1 Å². The number of nitrogens with one attached hydrogen (secondary N) is 1. The smallest absolute Gasteiger partial charge is 0.261 e. The summed E-state index contributed by atoms with van der Waals surface area (Å²) in [5, 5.41) is 2.32. The van der Waals surface area contributed by atoms with Crippen molar-refractivity contribution in [1.29, 1.82) is 0 Å². The molecule has 1 unspecified atom stereocenters. The zero-order chi connectivity index (χ0) is 18.7. The van der Waals surface area contributed by atoms with E-state index in [0.717, 1.165) is 19.1 Å².